The minimum absolute atomic E-state index is 0.0555. The van der Waals surface area contributed by atoms with Gasteiger partial charge in [0.2, 0.25) is 0 Å². The molecule has 0 aromatic carbocycles. The number of nitrogens with zero attached hydrogens (tertiary/aromatic N) is 1. The van der Waals surface area contributed by atoms with E-state index in [1.54, 1.807) is 26.5 Å². The Morgan fingerprint density at radius 2 is 2.35 bits per heavy atom. The molecule has 0 radical (unpaired) electrons. The van der Waals surface area contributed by atoms with Gasteiger partial charge in [0.15, 0.2) is 0 Å². The largest absolute Gasteiger partial charge is 0.382 e. The van der Waals surface area contributed by atoms with E-state index < -0.39 is 0 Å². The van der Waals surface area contributed by atoms with Gasteiger partial charge in [-0.25, -0.2) is 0 Å². The summed E-state index contributed by atoms with van der Waals surface area (Å²) in [5, 5.41) is 10.5. The van der Waals surface area contributed by atoms with Gasteiger partial charge < -0.3 is 20.5 Å². The molecule has 0 saturated heterocycles. The van der Waals surface area contributed by atoms with Gasteiger partial charge in [-0.05, 0) is 12.1 Å². The lowest BCUT2D eigenvalue weighted by atomic mass is 10.2. The van der Waals surface area contributed by atoms with Crippen molar-refractivity contribution >= 4 is 11.5 Å². The SMILES string of the molecule is COCC(CNc1cccnc1C(=N)N)OC. The molecule has 6 heteroatoms. The summed E-state index contributed by atoms with van der Waals surface area (Å²) in [6.07, 6.45) is 1.55. The van der Waals surface area contributed by atoms with E-state index in [4.69, 9.17) is 20.6 Å². The average molecular weight is 238 g/mol. The van der Waals surface area contributed by atoms with Crippen molar-refractivity contribution in [2.24, 2.45) is 5.73 Å². The average Bonchev–Trinajstić information content (AvgIpc) is 2.34. The fourth-order valence-electron chi connectivity index (χ4n) is 1.38. The molecule has 1 rings (SSSR count). The summed E-state index contributed by atoms with van der Waals surface area (Å²) >= 11 is 0. The van der Waals surface area contributed by atoms with E-state index in [1.807, 2.05) is 6.07 Å². The number of amidine groups is 1. The Hall–Kier alpha value is -1.66. The number of ether oxygens (including phenoxy) is 2. The van der Waals surface area contributed by atoms with Gasteiger partial charge in [-0.3, -0.25) is 10.4 Å². The van der Waals surface area contributed by atoms with Crippen LogP contribution in [0.2, 0.25) is 0 Å². The van der Waals surface area contributed by atoms with Gasteiger partial charge in [0.25, 0.3) is 0 Å². The standard InChI is InChI=1S/C11H18N4O2/c1-16-7-8(17-2)6-15-9-4-3-5-14-10(9)11(12)13/h3-5,8,15H,6-7H2,1-2H3,(H3,12,13). The van der Waals surface area contributed by atoms with Crippen molar-refractivity contribution in [3.63, 3.8) is 0 Å². The first-order valence-electron chi connectivity index (χ1n) is 5.24. The molecule has 0 fully saturated rings. The number of nitrogens with one attached hydrogen (secondary N) is 2. The number of methoxy groups -OCH3 is 2. The number of anilines is 1. The molecule has 1 unspecified atom stereocenters. The molecule has 0 aliphatic rings. The van der Waals surface area contributed by atoms with Crippen LogP contribution in [0.1, 0.15) is 5.69 Å². The third-order valence-corrected chi connectivity index (χ3v) is 2.27. The van der Waals surface area contributed by atoms with Crippen LogP contribution >= 0.6 is 0 Å². The molecule has 0 aliphatic heterocycles. The molecule has 1 aromatic heterocycles. The number of nitrogens with two attached hydrogens (primary N) is 1. The Balaban J connectivity index is 2.65. The Morgan fingerprint density at radius 1 is 1.59 bits per heavy atom. The van der Waals surface area contributed by atoms with Crippen LogP contribution in [-0.4, -0.2) is 44.3 Å². The second-order valence-electron chi connectivity index (χ2n) is 3.51. The summed E-state index contributed by atoms with van der Waals surface area (Å²) in [5.74, 6) is -0.0613. The molecule has 0 saturated carbocycles. The topological polar surface area (TPSA) is 93.2 Å². The summed E-state index contributed by atoms with van der Waals surface area (Å²) < 4.78 is 10.2. The highest BCUT2D eigenvalue weighted by molar-refractivity contribution is 5.98. The van der Waals surface area contributed by atoms with Gasteiger partial charge in [-0.15, -0.1) is 0 Å². The summed E-state index contributed by atoms with van der Waals surface area (Å²) in [6.45, 7) is 1.06. The van der Waals surface area contributed by atoms with Crippen LogP contribution < -0.4 is 11.1 Å². The molecule has 4 N–H and O–H groups in total. The van der Waals surface area contributed by atoms with E-state index in [9.17, 15) is 0 Å². The predicted molar refractivity (Wildman–Crippen MR) is 66.4 cm³/mol. The smallest absolute Gasteiger partial charge is 0.143 e. The Bertz CT molecular complexity index is 370. The molecule has 1 aromatic rings. The molecule has 6 nitrogen and oxygen atoms in total. The van der Waals surface area contributed by atoms with Crippen molar-refractivity contribution in [1.29, 1.82) is 5.41 Å². The number of hydrogen-bond donors (Lipinski definition) is 3. The van der Waals surface area contributed by atoms with Crippen molar-refractivity contribution in [2.75, 3.05) is 32.7 Å². The van der Waals surface area contributed by atoms with Crippen molar-refractivity contribution in [1.82, 2.24) is 4.98 Å². The highest BCUT2D eigenvalue weighted by atomic mass is 16.5. The number of rotatable bonds is 7. The first-order valence-corrected chi connectivity index (χ1v) is 5.24. The fraction of sp³-hybridized carbons (Fsp3) is 0.455. The number of pyridine rings is 1. The second kappa shape index (κ2) is 6.82. The fourth-order valence-corrected chi connectivity index (χ4v) is 1.38. The Kier molecular flexibility index (Phi) is 5.38. The predicted octanol–water partition coefficient (Wildman–Crippen LogP) is 0.439. The maximum atomic E-state index is 7.41. The zero-order chi connectivity index (χ0) is 12.7. The second-order valence-corrected chi connectivity index (χ2v) is 3.51. The number of nitrogen functional groups attached to an aromatic ring is 1. The van der Waals surface area contributed by atoms with Crippen LogP contribution in [0.3, 0.4) is 0 Å². The molecule has 0 spiro atoms. The zero-order valence-corrected chi connectivity index (χ0v) is 10.1. The van der Waals surface area contributed by atoms with E-state index in [-0.39, 0.29) is 11.9 Å². The molecular formula is C11H18N4O2. The molecule has 0 aliphatic carbocycles. The summed E-state index contributed by atoms with van der Waals surface area (Å²) in [6, 6.07) is 3.61. The van der Waals surface area contributed by atoms with E-state index in [2.05, 4.69) is 10.3 Å². The maximum absolute atomic E-state index is 7.41. The highest BCUT2D eigenvalue weighted by Crippen LogP contribution is 2.11. The van der Waals surface area contributed by atoms with Gasteiger partial charge >= 0.3 is 0 Å². The Labute approximate surface area is 101 Å². The lowest BCUT2D eigenvalue weighted by molar-refractivity contribution is 0.0365. The quantitative estimate of drug-likeness (QED) is 0.473. The Morgan fingerprint density at radius 3 is 2.94 bits per heavy atom. The summed E-state index contributed by atoms with van der Waals surface area (Å²) in [5.41, 5.74) is 6.60. The lowest BCUT2D eigenvalue weighted by Gasteiger charge is -2.16. The van der Waals surface area contributed by atoms with E-state index in [0.29, 0.717) is 18.8 Å². The zero-order valence-electron chi connectivity index (χ0n) is 10.1. The van der Waals surface area contributed by atoms with Gasteiger partial charge in [0.05, 0.1) is 18.4 Å². The first kappa shape index (κ1) is 13.4. The van der Waals surface area contributed by atoms with Crippen LogP contribution in [0.25, 0.3) is 0 Å². The van der Waals surface area contributed by atoms with E-state index in [1.165, 1.54) is 0 Å². The molecule has 1 heterocycles. The molecular weight excluding hydrogens is 220 g/mol. The van der Waals surface area contributed by atoms with Gasteiger partial charge in [-0.1, -0.05) is 0 Å². The van der Waals surface area contributed by atoms with Crippen LogP contribution in [0.15, 0.2) is 18.3 Å². The van der Waals surface area contributed by atoms with Crippen molar-refractivity contribution < 1.29 is 9.47 Å². The van der Waals surface area contributed by atoms with Crippen LogP contribution in [0.4, 0.5) is 5.69 Å². The number of aromatic nitrogens is 1. The van der Waals surface area contributed by atoms with Crippen molar-refractivity contribution in [3.05, 3.63) is 24.0 Å². The minimum Gasteiger partial charge on any atom is -0.382 e. The van der Waals surface area contributed by atoms with Crippen LogP contribution in [0.5, 0.6) is 0 Å². The van der Waals surface area contributed by atoms with Crippen LogP contribution in [-0.2, 0) is 9.47 Å². The van der Waals surface area contributed by atoms with E-state index >= 15 is 0 Å². The van der Waals surface area contributed by atoms with Gasteiger partial charge in [0.1, 0.15) is 11.5 Å². The van der Waals surface area contributed by atoms with Crippen LogP contribution in [0, 0.1) is 5.41 Å². The third-order valence-electron chi connectivity index (χ3n) is 2.27. The van der Waals surface area contributed by atoms with E-state index in [0.717, 1.165) is 5.69 Å². The minimum atomic E-state index is -0.0613. The van der Waals surface area contributed by atoms with Crippen molar-refractivity contribution in [3.8, 4) is 0 Å². The lowest BCUT2D eigenvalue weighted by Crippen LogP contribution is -2.27. The molecule has 0 bridgehead atoms. The number of hydrogen-bond acceptors (Lipinski definition) is 5. The first-order chi connectivity index (χ1) is 8.19. The van der Waals surface area contributed by atoms with Crippen molar-refractivity contribution in [2.45, 2.75) is 6.10 Å². The molecule has 1 atom stereocenters. The molecule has 17 heavy (non-hydrogen) atoms. The monoisotopic (exact) mass is 238 g/mol. The summed E-state index contributed by atoms with van der Waals surface area (Å²) in [4.78, 5) is 4.04. The summed E-state index contributed by atoms with van der Waals surface area (Å²) in [7, 11) is 3.25. The normalized spacial score (nSPS) is 12.1. The molecule has 0 amide bonds. The van der Waals surface area contributed by atoms with Gasteiger partial charge in [0, 0.05) is 27.0 Å². The molecule has 94 valence electrons. The maximum Gasteiger partial charge on any atom is 0.143 e. The highest BCUT2D eigenvalue weighted by Gasteiger charge is 2.10. The third kappa shape index (κ3) is 4.01. The van der Waals surface area contributed by atoms with Gasteiger partial charge in [-0.2, -0.15) is 0 Å².